The monoisotopic (exact) mass is 373 g/mol. The van der Waals surface area contributed by atoms with Gasteiger partial charge in [0.25, 0.3) is 0 Å². The van der Waals surface area contributed by atoms with Gasteiger partial charge in [0.05, 0.1) is 24.2 Å². The second-order valence-electron chi connectivity index (χ2n) is 7.15. The van der Waals surface area contributed by atoms with Crippen LogP contribution in [0.4, 0.5) is 5.69 Å². The van der Waals surface area contributed by atoms with Crippen LogP contribution < -0.4 is 16.8 Å². The van der Waals surface area contributed by atoms with Crippen LogP contribution in [0.5, 0.6) is 0 Å². The number of methoxy groups -OCH3 is 1. The smallest absolute Gasteiger partial charge is 0.337 e. The molecule has 1 aliphatic heterocycles. The van der Waals surface area contributed by atoms with Crippen LogP contribution >= 0.6 is 0 Å². The first-order valence-electron chi connectivity index (χ1n) is 8.67. The lowest BCUT2D eigenvalue weighted by molar-refractivity contribution is -0.151. The van der Waals surface area contributed by atoms with E-state index in [1.165, 1.54) is 7.11 Å². The average molecular weight is 373 g/mol. The van der Waals surface area contributed by atoms with Gasteiger partial charge in [0.2, 0.25) is 0 Å². The highest BCUT2D eigenvalue weighted by molar-refractivity contribution is 6.00. The fraction of sp³-hybridized carbons (Fsp3) is 0.400. The number of carbonyl (C=O) groups is 2. The van der Waals surface area contributed by atoms with Crippen molar-refractivity contribution in [1.29, 1.82) is 0 Å². The number of nitrogens with one attached hydrogen (secondary N) is 1. The Bertz CT molecular complexity index is 824. The van der Waals surface area contributed by atoms with E-state index in [1.54, 1.807) is 45.9 Å². The molecule has 7 heteroatoms. The first-order valence-corrected chi connectivity index (χ1v) is 8.67. The van der Waals surface area contributed by atoms with Gasteiger partial charge in [-0.1, -0.05) is 12.1 Å². The van der Waals surface area contributed by atoms with Gasteiger partial charge in [-0.25, -0.2) is 9.59 Å². The molecule has 0 saturated heterocycles. The Labute approximate surface area is 159 Å². The summed E-state index contributed by atoms with van der Waals surface area (Å²) >= 11 is 0. The number of esters is 2. The van der Waals surface area contributed by atoms with Gasteiger partial charge >= 0.3 is 11.9 Å². The molecular weight excluding hydrogens is 346 g/mol. The maximum atomic E-state index is 13.0. The zero-order valence-corrected chi connectivity index (χ0v) is 16.4. The van der Waals surface area contributed by atoms with Crippen molar-refractivity contribution in [1.82, 2.24) is 5.32 Å². The van der Waals surface area contributed by atoms with Crippen molar-refractivity contribution in [3.63, 3.8) is 0 Å². The molecule has 1 aromatic carbocycles. The van der Waals surface area contributed by atoms with Gasteiger partial charge in [-0.2, -0.15) is 0 Å². The third-order valence-corrected chi connectivity index (χ3v) is 4.49. The van der Waals surface area contributed by atoms with Crippen LogP contribution in [0.25, 0.3) is 0 Å². The lowest BCUT2D eigenvalue weighted by Gasteiger charge is -2.32. The van der Waals surface area contributed by atoms with Gasteiger partial charge in [-0.05, 0) is 45.4 Å². The molecule has 0 spiro atoms. The Morgan fingerprint density at radius 2 is 1.74 bits per heavy atom. The number of carbonyl (C=O) groups excluding carboxylic acids is 2. The minimum absolute atomic E-state index is 0.167. The number of hydrogen-bond donors (Lipinski definition) is 3. The van der Waals surface area contributed by atoms with E-state index in [1.807, 2.05) is 6.07 Å². The van der Waals surface area contributed by atoms with Crippen LogP contribution in [0.2, 0.25) is 0 Å². The second-order valence-corrected chi connectivity index (χ2v) is 7.15. The molecule has 1 atom stereocenters. The van der Waals surface area contributed by atoms with Crippen molar-refractivity contribution in [2.45, 2.75) is 39.2 Å². The van der Waals surface area contributed by atoms with Crippen LogP contribution in [0, 0.1) is 0 Å². The Kier molecular flexibility index (Phi) is 5.95. The van der Waals surface area contributed by atoms with Gasteiger partial charge in [-0.3, -0.25) is 0 Å². The van der Waals surface area contributed by atoms with Crippen molar-refractivity contribution >= 4 is 17.6 Å². The summed E-state index contributed by atoms with van der Waals surface area (Å²) in [7, 11) is 1.31. The van der Waals surface area contributed by atoms with Gasteiger partial charge in [-0.15, -0.1) is 0 Å². The Balaban J connectivity index is 2.63. The molecule has 1 heterocycles. The molecule has 0 bridgehead atoms. The van der Waals surface area contributed by atoms with Gasteiger partial charge in [0.15, 0.2) is 0 Å². The number of dihydropyridines is 1. The molecule has 0 aliphatic carbocycles. The molecule has 0 aromatic heterocycles. The minimum atomic E-state index is -0.841. The van der Waals surface area contributed by atoms with E-state index in [4.69, 9.17) is 20.9 Å². The summed E-state index contributed by atoms with van der Waals surface area (Å²) in [6.07, 6.45) is 0. The Morgan fingerprint density at radius 1 is 1.15 bits per heavy atom. The van der Waals surface area contributed by atoms with E-state index in [0.29, 0.717) is 33.8 Å². The lowest BCUT2D eigenvalue weighted by atomic mass is 9.80. The van der Waals surface area contributed by atoms with Crippen LogP contribution in [0.1, 0.15) is 39.2 Å². The predicted octanol–water partition coefficient (Wildman–Crippen LogP) is 1.96. The lowest BCUT2D eigenvalue weighted by Crippen LogP contribution is -2.39. The van der Waals surface area contributed by atoms with E-state index < -0.39 is 23.5 Å². The molecule has 0 fully saturated rings. The third kappa shape index (κ3) is 4.31. The van der Waals surface area contributed by atoms with Crippen molar-refractivity contribution in [3.05, 3.63) is 52.4 Å². The normalized spacial score (nSPS) is 17.5. The summed E-state index contributed by atoms with van der Waals surface area (Å²) < 4.78 is 10.6. The van der Waals surface area contributed by atoms with E-state index in [9.17, 15) is 9.59 Å². The number of hydrogen-bond acceptors (Lipinski definition) is 7. The molecular formula is C20H27N3O4. The van der Waals surface area contributed by atoms with Crippen molar-refractivity contribution in [2.24, 2.45) is 5.73 Å². The summed E-state index contributed by atoms with van der Waals surface area (Å²) in [5.41, 5.74) is 13.9. The van der Waals surface area contributed by atoms with E-state index >= 15 is 0 Å². The van der Waals surface area contributed by atoms with Gasteiger partial charge in [0, 0.05) is 23.6 Å². The number of benzene rings is 1. The molecule has 0 radical (unpaired) electrons. The largest absolute Gasteiger partial charge is 0.466 e. The number of allylic oxidation sites excluding steroid dienone is 2. The van der Waals surface area contributed by atoms with Gasteiger partial charge in [0.1, 0.15) is 5.60 Å². The topological polar surface area (TPSA) is 117 Å². The summed E-state index contributed by atoms with van der Waals surface area (Å²) in [6.45, 7) is 7.16. The molecule has 5 N–H and O–H groups in total. The fourth-order valence-electron chi connectivity index (χ4n) is 3.06. The summed E-state index contributed by atoms with van der Waals surface area (Å²) in [5, 5.41) is 3.09. The molecule has 1 aliphatic rings. The molecule has 7 nitrogen and oxygen atoms in total. The van der Waals surface area contributed by atoms with Crippen LogP contribution in [0.3, 0.4) is 0 Å². The molecule has 0 saturated carbocycles. The summed E-state index contributed by atoms with van der Waals surface area (Å²) in [5.74, 6) is -1.73. The molecule has 27 heavy (non-hydrogen) atoms. The molecule has 146 valence electrons. The molecule has 2 rings (SSSR count). The average Bonchev–Trinajstić information content (AvgIpc) is 2.59. The predicted molar refractivity (Wildman–Crippen MR) is 103 cm³/mol. The standard InChI is InChI=1S/C20H27N3O4/c1-11-15(18(24)26-5)17(13-7-6-8-14(22)9-13)16(12(2)23-11)19(25)27-20(3,4)10-21/h6-9,17,23H,10,21-22H2,1-5H3. The SMILES string of the molecule is COC(=O)C1=C(C)NC(C)=C(C(=O)OC(C)(C)CN)C1c1cccc(N)c1. The third-order valence-electron chi connectivity index (χ3n) is 4.49. The number of anilines is 1. The summed E-state index contributed by atoms with van der Waals surface area (Å²) in [4.78, 5) is 25.5. The summed E-state index contributed by atoms with van der Waals surface area (Å²) in [6, 6.07) is 7.07. The Morgan fingerprint density at radius 3 is 2.26 bits per heavy atom. The maximum absolute atomic E-state index is 13.0. The zero-order valence-electron chi connectivity index (χ0n) is 16.4. The second kappa shape index (κ2) is 7.84. The van der Waals surface area contributed by atoms with E-state index in [0.717, 1.165) is 0 Å². The quantitative estimate of drug-likeness (QED) is 0.533. The number of nitrogens with two attached hydrogens (primary N) is 2. The fourth-order valence-corrected chi connectivity index (χ4v) is 3.06. The van der Waals surface area contributed by atoms with E-state index in [-0.39, 0.29) is 6.54 Å². The number of ether oxygens (including phenoxy) is 2. The van der Waals surface area contributed by atoms with Crippen LogP contribution in [-0.2, 0) is 19.1 Å². The van der Waals surface area contributed by atoms with E-state index in [2.05, 4.69) is 5.32 Å². The van der Waals surface area contributed by atoms with Crippen molar-refractivity contribution < 1.29 is 19.1 Å². The highest BCUT2D eigenvalue weighted by Gasteiger charge is 2.39. The molecule has 1 unspecified atom stereocenters. The van der Waals surface area contributed by atoms with Gasteiger partial charge < -0.3 is 26.3 Å². The maximum Gasteiger partial charge on any atom is 0.337 e. The highest BCUT2D eigenvalue weighted by atomic mass is 16.6. The van der Waals surface area contributed by atoms with Crippen LogP contribution in [-0.4, -0.2) is 31.2 Å². The number of rotatable bonds is 5. The molecule has 1 aromatic rings. The zero-order chi connectivity index (χ0) is 20.4. The minimum Gasteiger partial charge on any atom is -0.466 e. The van der Waals surface area contributed by atoms with Crippen LogP contribution in [0.15, 0.2) is 46.8 Å². The van der Waals surface area contributed by atoms with Crippen molar-refractivity contribution in [3.8, 4) is 0 Å². The Hall–Kier alpha value is -2.80. The first-order chi connectivity index (χ1) is 12.6. The first kappa shape index (κ1) is 20.5. The number of nitrogen functional groups attached to an aromatic ring is 1. The highest BCUT2D eigenvalue weighted by Crippen LogP contribution is 2.40. The van der Waals surface area contributed by atoms with Crippen molar-refractivity contribution in [2.75, 3.05) is 19.4 Å². The molecule has 0 amide bonds.